The van der Waals surface area contributed by atoms with Gasteiger partial charge >= 0.3 is 0 Å². The van der Waals surface area contributed by atoms with E-state index in [-0.39, 0.29) is 12.5 Å². The maximum absolute atomic E-state index is 12.2. The molecule has 3 unspecified atom stereocenters. The Bertz CT molecular complexity index is 441. The molecule has 0 aromatic heterocycles. The van der Waals surface area contributed by atoms with Crippen LogP contribution in [0.25, 0.3) is 0 Å². The summed E-state index contributed by atoms with van der Waals surface area (Å²) in [7, 11) is 0. The first kappa shape index (κ1) is 31.1. The normalized spacial score (nSPS) is 14.5. The summed E-state index contributed by atoms with van der Waals surface area (Å²) in [6.45, 7) is 4.05. The Morgan fingerprint density at radius 2 is 1.25 bits per heavy atom. The lowest BCUT2D eigenvalue weighted by Crippen LogP contribution is -2.50. The summed E-state index contributed by atoms with van der Waals surface area (Å²) < 4.78 is 0. The van der Waals surface area contributed by atoms with Crippen LogP contribution in [-0.4, -0.2) is 46.1 Å². The van der Waals surface area contributed by atoms with E-state index in [1.807, 2.05) is 0 Å². The predicted octanol–water partition coefficient (Wildman–Crippen LogP) is 5.80. The number of nitrogens with one attached hydrogen (secondary N) is 1. The second-order valence-electron chi connectivity index (χ2n) is 9.24. The van der Waals surface area contributed by atoms with Gasteiger partial charge in [-0.15, -0.1) is 0 Å². The average Bonchev–Trinajstić information content (AvgIpc) is 2.79. The van der Waals surface area contributed by atoms with Crippen LogP contribution >= 0.6 is 0 Å². The molecule has 0 aliphatic carbocycles. The summed E-state index contributed by atoms with van der Waals surface area (Å²) in [4.78, 5) is 12.2. The first-order chi connectivity index (χ1) is 15.6. The van der Waals surface area contributed by atoms with Crippen molar-refractivity contribution in [3.8, 4) is 0 Å². The molecule has 0 heterocycles. The van der Waals surface area contributed by atoms with E-state index in [0.29, 0.717) is 12.8 Å². The van der Waals surface area contributed by atoms with Crippen LogP contribution in [0.1, 0.15) is 129 Å². The summed E-state index contributed by atoms with van der Waals surface area (Å²) in [5.41, 5.74) is 0. The van der Waals surface area contributed by atoms with E-state index in [4.69, 9.17) is 0 Å². The molecule has 190 valence electrons. The van der Waals surface area contributed by atoms with E-state index < -0.39 is 18.2 Å². The Balaban J connectivity index is 3.86. The lowest BCUT2D eigenvalue weighted by molar-refractivity contribution is -0.124. The minimum absolute atomic E-state index is 0.162. The summed E-state index contributed by atoms with van der Waals surface area (Å²) in [6.07, 6.45) is 21.6. The molecule has 0 aliphatic rings. The molecule has 0 saturated carbocycles. The predicted molar refractivity (Wildman–Crippen MR) is 135 cm³/mol. The summed E-state index contributed by atoms with van der Waals surface area (Å²) in [6, 6.07) is -0.815. The zero-order valence-electron chi connectivity index (χ0n) is 21.1. The lowest BCUT2D eigenvalue weighted by Gasteiger charge is -2.26. The number of aliphatic hydroxyl groups excluding tert-OH is 3. The third-order valence-corrected chi connectivity index (χ3v) is 6.12. The monoisotopic (exact) mass is 455 g/mol. The van der Waals surface area contributed by atoms with Gasteiger partial charge in [-0.05, 0) is 38.5 Å². The molecule has 0 aliphatic heterocycles. The molecular formula is C27H53NO4. The fourth-order valence-corrected chi connectivity index (χ4v) is 3.92. The first-order valence-electron chi connectivity index (χ1n) is 13.5. The van der Waals surface area contributed by atoms with Crippen molar-refractivity contribution in [3.05, 3.63) is 12.2 Å². The van der Waals surface area contributed by atoms with Gasteiger partial charge in [0.15, 0.2) is 0 Å². The van der Waals surface area contributed by atoms with E-state index in [1.165, 1.54) is 64.2 Å². The molecule has 5 nitrogen and oxygen atoms in total. The minimum atomic E-state index is -1.15. The van der Waals surface area contributed by atoms with Gasteiger partial charge in [0.1, 0.15) is 6.10 Å². The minimum Gasteiger partial charge on any atom is -0.394 e. The Morgan fingerprint density at radius 1 is 0.750 bits per heavy atom. The van der Waals surface area contributed by atoms with Crippen LogP contribution in [0.2, 0.25) is 0 Å². The summed E-state index contributed by atoms with van der Waals surface area (Å²) >= 11 is 0. The topological polar surface area (TPSA) is 89.8 Å². The maximum atomic E-state index is 12.2. The van der Waals surface area contributed by atoms with E-state index in [0.717, 1.165) is 38.5 Å². The van der Waals surface area contributed by atoms with Gasteiger partial charge in [0.05, 0.1) is 18.8 Å². The van der Waals surface area contributed by atoms with E-state index in [2.05, 4.69) is 31.3 Å². The number of amides is 1. The van der Waals surface area contributed by atoms with Crippen LogP contribution in [0, 0.1) is 0 Å². The van der Waals surface area contributed by atoms with Crippen molar-refractivity contribution < 1.29 is 20.1 Å². The van der Waals surface area contributed by atoms with Crippen LogP contribution in [0.5, 0.6) is 0 Å². The molecule has 0 saturated heterocycles. The van der Waals surface area contributed by atoms with Crippen LogP contribution in [0.3, 0.4) is 0 Å². The molecule has 0 aromatic rings. The van der Waals surface area contributed by atoms with Gasteiger partial charge in [-0.3, -0.25) is 4.79 Å². The van der Waals surface area contributed by atoms with Gasteiger partial charge in [0.2, 0.25) is 5.91 Å². The molecule has 0 bridgehead atoms. The maximum Gasteiger partial charge on any atom is 0.220 e. The van der Waals surface area contributed by atoms with E-state index >= 15 is 0 Å². The van der Waals surface area contributed by atoms with Gasteiger partial charge in [-0.2, -0.15) is 0 Å². The highest BCUT2D eigenvalue weighted by Gasteiger charge is 2.26. The number of unbranched alkanes of at least 4 members (excludes halogenated alkanes) is 13. The Labute approximate surface area is 198 Å². The molecular weight excluding hydrogens is 402 g/mol. The number of rotatable bonds is 23. The van der Waals surface area contributed by atoms with Gasteiger partial charge in [-0.1, -0.05) is 96.6 Å². The molecule has 5 heteroatoms. The molecule has 0 fully saturated rings. The zero-order valence-corrected chi connectivity index (χ0v) is 21.1. The molecule has 0 rings (SSSR count). The molecule has 3 atom stereocenters. The van der Waals surface area contributed by atoms with Crippen molar-refractivity contribution in [1.82, 2.24) is 5.32 Å². The van der Waals surface area contributed by atoms with Gasteiger partial charge in [0.25, 0.3) is 0 Å². The van der Waals surface area contributed by atoms with Crippen LogP contribution in [-0.2, 0) is 4.79 Å². The molecule has 32 heavy (non-hydrogen) atoms. The molecule has 1 amide bonds. The third kappa shape index (κ3) is 18.6. The number of hydrogen-bond donors (Lipinski definition) is 4. The van der Waals surface area contributed by atoms with E-state index in [9.17, 15) is 20.1 Å². The number of carbonyl (C=O) groups excluding carboxylic acids is 1. The zero-order chi connectivity index (χ0) is 23.9. The Morgan fingerprint density at radius 3 is 1.81 bits per heavy atom. The SMILES string of the molecule is CCCCC/C=C/CCCC(O)C(O)C(CO)NC(=O)CCCCCCCCCCCC. The van der Waals surface area contributed by atoms with Gasteiger partial charge in [0, 0.05) is 6.42 Å². The van der Waals surface area contributed by atoms with Crippen LogP contribution < -0.4 is 5.32 Å². The number of carbonyl (C=O) groups is 1. The van der Waals surface area contributed by atoms with Crippen molar-refractivity contribution in [2.75, 3.05) is 6.61 Å². The second-order valence-corrected chi connectivity index (χ2v) is 9.24. The van der Waals surface area contributed by atoms with Crippen molar-refractivity contribution >= 4 is 5.91 Å². The quantitative estimate of drug-likeness (QED) is 0.116. The van der Waals surface area contributed by atoms with Crippen molar-refractivity contribution in [2.45, 2.75) is 148 Å². The smallest absolute Gasteiger partial charge is 0.220 e. The largest absolute Gasteiger partial charge is 0.394 e. The molecule has 0 radical (unpaired) electrons. The van der Waals surface area contributed by atoms with Gasteiger partial charge < -0.3 is 20.6 Å². The fourth-order valence-electron chi connectivity index (χ4n) is 3.92. The number of aliphatic hydroxyl groups is 3. The summed E-state index contributed by atoms with van der Waals surface area (Å²) in [5.74, 6) is -0.162. The highest BCUT2D eigenvalue weighted by molar-refractivity contribution is 5.76. The highest BCUT2D eigenvalue weighted by atomic mass is 16.3. The second kappa shape index (κ2) is 23.3. The Hall–Kier alpha value is -0.910. The number of allylic oxidation sites excluding steroid dienone is 2. The van der Waals surface area contributed by atoms with Crippen LogP contribution in [0.4, 0.5) is 0 Å². The molecule has 4 N–H and O–H groups in total. The van der Waals surface area contributed by atoms with Crippen molar-refractivity contribution in [3.63, 3.8) is 0 Å². The number of hydrogen-bond acceptors (Lipinski definition) is 4. The molecule has 0 aromatic carbocycles. The Kier molecular flexibility index (Phi) is 22.6. The first-order valence-corrected chi connectivity index (χ1v) is 13.5. The van der Waals surface area contributed by atoms with Crippen molar-refractivity contribution in [1.29, 1.82) is 0 Å². The summed E-state index contributed by atoms with van der Waals surface area (Å²) in [5, 5.41) is 32.8. The van der Waals surface area contributed by atoms with Crippen molar-refractivity contribution in [2.24, 2.45) is 0 Å². The lowest BCUT2D eigenvalue weighted by atomic mass is 10.0. The third-order valence-electron chi connectivity index (χ3n) is 6.12. The van der Waals surface area contributed by atoms with Crippen LogP contribution in [0.15, 0.2) is 12.2 Å². The highest BCUT2D eigenvalue weighted by Crippen LogP contribution is 2.12. The van der Waals surface area contributed by atoms with Gasteiger partial charge in [-0.25, -0.2) is 0 Å². The average molecular weight is 456 g/mol. The van der Waals surface area contributed by atoms with E-state index in [1.54, 1.807) is 0 Å². The molecule has 0 spiro atoms. The fraction of sp³-hybridized carbons (Fsp3) is 0.889. The standard InChI is InChI=1S/C27H53NO4/c1-3-5-7-9-11-13-14-16-18-20-22-26(31)28-24(23-29)27(32)25(30)21-19-17-15-12-10-8-6-4-2/h12,15,24-25,27,29-30,32H,3-11,13-14,16-23H2,1-2H3,(H,28,31)/b15-12+.